The van der Waals surface area contributed by atoms with Crippen LogP contribution in [-0.2, 0) is 9.59 Å². The Morgan fingerprint density at radius 1 is 1.15 bits per heavy atom. The van der Waals surface area contributed by atoms with Crippen LogP contribution in [-0.4, -0.2) is 57.3 Å². The molecule has 136 valence electrons. The van der Waals surface area contributed by atoms with Gasteiger partial charge in [0, 0.05) is 38.0 Å². The molecule has 3 aliphatic rings. The number of carbonyl (C=O) groups excluding carboxylic acids is 2. The highest BCUT2D eigenvalue weighted by Crippen LogP contribution is 2.34. The number of carbonyl (C=O) groups is 2. The number of rotatable bonds is 3. The van der Waals surface area contributed by atoms with E-state index in [1.165, 1.54) is 0 Å². The molecule has 6 heteroatoms. The number of piperidine rings is 1. The standard InChI is InChI=1S/C20H24N4O2/c25-18-10-14(12-24(18)15-7-8-15)20(26)23-9-3-4-13(11-23)19-21-16-5-1-2-6-17(16)22-19/h1-2,5-6,13-15H,3-4,7-12H2,(H,21,22)/t13-,14+/m1/s1. The fourth-order valence-corrected chi connectivity index (χ4v) is 4.46. The predicted octanol–water partition coefficient (Wildman–Crippen LogP) is 2.28. The Kier molecular flexibility index (Phi) is 3.72. The van der Waals surface area contributed by atoms with Gasteiger partial charge in [0.05, 0.1) is 17.0 Å². The molecule has 0 radical (unpaired) electrons. The minimum absolute atomic E-state index is 0.155. The molecule has 0 bridgehead atoms. The summed E-state index contributed by atoms with van der Waals surface area (Å²) < 4.78 is 0. The Hall–Kier alpha value is -2.37. The molecule has 1 aromatic heterocycles. The monoisotopic (exact) mass is 352 g/mol. The lowest BCUT2D eigenvalue weighted by atomic mass is 9.95. The second-order valence-corrected chi connectivity index (χ2v) is 7.94. The number of likely N-dealkylation sites (tertiary alicyclic amines) is 2. The molecular formula is C20H24N4O2. The number of nitrogens with one attached hydrogen (secondary N) is 1. The third kappa shape index (κ3) is 2.77. The third-order valence-corrected chi connectivity index (χ3v) is 6.02. The van der Waals surface area contributed by atoms with E-state index in [1.54, 1.807) is 0 Å². The van der Waals surface area contributed by atoms with Gasteiger partial charge in [-0.1, -0.05) is 12.1 Å². The highest BCUT2D eigenvalue weighted by Gasteiger charge is 2.43. The first kappa shape index (κ1) is 15.9. The molecule has 2 atom stereocenters. The van der Waals surface area contributed by atoms with E-state index in [9.17, 15) is 9.59 Å². The first-order chi connectivity index (χ1) is 12.7. The van der Waals surface area contributed by atoms with Gasteiger partial charge in [0.2, 0.25) is 11.8 Å². The number of nitrogens with zero attached hydrogens (tertiary/aromatic N) is 3. The number of imidazole rings is 1. The molecule has 0 spiro atoms. The molecule has 2 aliphatic heterocycles. The summed E-state index contributed by atoms with van der Waals surface area (Å²) in [6, 6.07) is 8.45. The molecule has 6 nitrogen and oxygen atoms in total. The zero-order valence-corrected chi connectivity index (χ0v) is 14.9. The van der Waals surface area contributed by atoms with Gasteiger partial charge in [-0.15, -0.1) is 0 Å². The number of hydrogen-bond donors (Lipinski definition) is 1. The van der Waals surface area contributed by atoms with Crippen LogP contribution >= 0.6 is 0 Å². The molecule has 0 unspecified atom stereocenters. The van der Waals surface area contributed by atoms with E-state index < -0.39 is 0 Å². The Morgan fingerprint density at radius 3 is 2.81 bits per heavy atom. The van der Waals surface area contributed by atoms with Crippen LogP contribution in [0.2, 0.25) is 0 Å². The van der Waals surface area contributed by atoms with Crippen molar-refractivity contribution in [1.29, 1.82) is 0 Å². The Bertz CT molecular complexity index is 823. The summed E-state index contributed by atoms with van der Waals surface area (Å²) in [6.07, 6.45) is 4.62. The average molecular weight is 352 g/mol. The summed E-state index contributed by atoms with van der Waals surface area (Å²) >= 11 is 0. The highest BCUT2D eigenvalue weighted by atomic mass is 16.2. The summed E-state index contributed by atoms with van der Waals surface area (Å²) in [5, 5.41) is 0. The molecule has 2 saturated heterocycles. The van der Waals surface area contributed by atoms with Crippen molar-refractivity contribution in [2.45, 2.75) is 44.1 Å². The maximum absolute atomic E-state index is 13.0. The van der Waals surface area contributed by atoms with Gasteiger partial charge in [-0.05, 0) is 37.8 Å². The van der Waals surface area contributed by atoms with Crippen molar-refractivity contribution in [2.24, 2.45) is 5.92 Å². The van der Waals surface area contributed by atoms with E-state index in [0.29, 0.717) is 25.6 Å². The van der Waals surface area contributed by atoms with Crippen molar-refractivity contribution in [3.63, 3.8) is 0 Å². The molecule has 2 aromatic rings. The van der Waals surface area contributed by atoms with Crippen molar-refractivity contribution in [3.8, 4) is 0 Å². The Morgan fingerprint density at radius 2 is 2.00 bits per heavy atom. The van der Waals surface area contributed by atoms with Gasteiger partial charge < -0.3 is 14.8 Å². The smallest absolute Gasteiger partial charge is 0.228 e. The summed E-state index contributed by atoms with van der Waals surface area (Å²) in [6.45, 7) is 2.12. The van der Waals surface area contributed by atoms with Gasteiger partial charge in [-0.3, -0.25) is 9.59 Å². The molecule has 2 amide bonds. The number of aromatic amines is 1. The van der Waals surface area contributed by atoms with E-state index in [2.05, 4.69) is 4.98 Å². The van der Waals surface area contributed by atoms with Crippen molar-refractivity contribution in [1.82, 2.24) is 19.8 Å². The number of benzene rings is 1. The fourth-order valence-electron chi connectivity index (χ4n) is 4.46. The number of amides is 2. The van der Waals surface area contributed by atoms with Crippen molar-refractivity contribution >= 4 is 22.8 Å². The lowest BCUT2D eigenvalue weighted by molar-refractivity contribution is -0.137. The Balaban J connectivity index is 1.29. The molecule has 1 saturated carbocycles. The summed E-state index contributed by atoms with van der Waals surface area (Å²) in [7, 11) is 0. The van der Waals surface area contributed by atoms with Crippen LogP contribution in [0.15, 0.2) is 24.3 Å². The van der Waals surface area contributed by atoms with E-state index in [1.807, 2.05) is 34.1 Å². The molecule has 5 rings (SSSR count). The normalized spacial score (nSPS) is 26.7. The van der Waals surface area contributed by atoms with Crippen LogP contribution in [0.4, 0.5) is 0 Å². The van der Waals surface area contributed by atoms with Crippen molar-refractivity contribution in [3.05, 3.63) is 30.1 Å². The molecule has 3 heterocycles. The second kappa shape index (κ2) is 6.11. The first-order valence-electron chi connectivity index (χ1n) is 9.72. The largest absolute Gasteiger partial charge is 0.342 e. The molecule has 1 aliphatic carbocycles. The first-order valence-corrected chi connectivity index (χ1v) is 9.72. The van der Waals surface area contributed by atoms with E-state index in [4.69, 9.17) is 4.98 Å². The minimum atomic E-state index is -0.155. The number of hydrogen-bond acceptors (Lipinski definition) is 3. The fraction of sp³-hybridized carbons (Fsp3) is 0.550. The second-order valence-electron chi connectivity index (χ2n) is 7.94. The third-order valence-electron chi connectivity index (χ3n) is 6.02. The van der Waals surface area contributed by atoms with E-state index in [-0.39, 0.29) is 23.7 Å². The topological polar surface area (TPSA) is 69.3 Å². The van der Waals surface area contributed by atoms with Gasteiger partial charge in [-0.2, -0.15) is 0 Å². The van der Waals surface area contributed by atoms with Gasteiger partial charge in [0.1, 0.15) is 5.82 Å². The lowest BCUT2D eigenvalue weighted by Gasteiger charge is -2.33. The van der Waals surface area contributed by atoms with Crippen LogP contribution in [0.1, 0.15) is 43.8 Å². The number of H-pyrrole nitrogens is 1. The molecule has 1 N–H and O–H groups in total. The van der Waals surface area contributed by atoms with Crippen LogP contribution in [0, 0.1) is 5.92 Å². The van der Waals surface area contributed by atoms with Gasteiger partial charge in [-0.25, -0.2) is 4.98 Å². The zero-order chi connectivity index (χ0) is 17.7. The summed E-state index contributed by atoms with van der Waals surface area (Å²) in [5.41, 5.74) is 2.03. The van der Waals surface area contributed by atoms with Gasteiger partial charge >= 0.3 is 0 Å². The quantitative estimate of drug-likeness (QED) is 0.921. The number of para-hydroxylation sites is 2. The maximum atomic E-state index is 13.0. The van der Waals surface area contributed by atoms with Gasteiger partial charge in [0.15, 0.2) is 0 Å². The SMILES string of the molecule is O=C([C@H]1CC(=O)N(C2CC2)C1)N1CCC[C@@H](c2nc3ccccc3[nH]2)C1. The Labute approximate surface area is 152 Å². The molecular weight excluding hydrogens is 328 g/mol. The lowest BCUT2D eigenvalue weighted by Crippen LogP contribution is -2.43. The molecule has 1 aromatic carbocycles. The van der Waals surface area contributed by atoms with Crippen molar-refractivity contribution < 1.29 is 9.59 Å². The van der Waals surface area contributed by atoms with Crippen molar-refractivity contribution in [2.75, 3.05) is 19.6 Å². The van der Waals surface area contributed by atoms with Crippen LogP contribution < -0.4 is 0 Å². The molecule has 26 heavy (non-hydrogen) atoms. The maximum Gasteiger partial charge on any atom is 0.228 e. The van der Waals surface area contributed by atoms with Gasteiger partial charge in [0.25, 0.3) is 0 Å². The van der Waals surface area contributed by atoms with E-state index >= 15 is 0 Å². The van der Waals surface area contributed by atoms with Crippen LogP contribution in [0.5, 0.6) is 0 Å². The number of fused-ring (bicyclic) bond motifs is 1. The van der Waals surface area contributed by atoms with Crippen LogP contribution in [0.3, 0.4) is 0 Å². The highest BCUT2D eigenvalue weighted by molar-refractivity contribution is 5.89. The molecule has 3 fully saturated rings. The summed E-state index contributed by atoms with van der Waals surface area (Å²) in [4.78, 5) is 37.2. The van der Waals surface area contributed by atoms with E-state index in [0.717, 1.165) is 49.1 Å². The average Bonchev–Trinajstić information content (AvgIpc) is 3.29. The predicted molar refractivity (Wildman–Crippen MR) is 97.5 cm³/mol. The summed E-state index contributed by atoms with van der Waals surface area (Å²) in [5.74, 6) is 1.39. The minimum Gasteiger partial charge on any atom is -0.342 e. The van der Waals surface area contributed by atoms with Crippen LogP contribution in [0.25, 0.3) is 11.0 Å². The zero-order valence-electron chi connectivity index (χ0n) is 14.9. The number of aromatic nitrogens is 2.